The molecule has 2 aromatic rings. The Bertz CT molecular complexity index is 795. The fourth-order valence-electron chi connectivity index (χ4n) is 3.61. The quantitative estimate of drug-likeness (QED) is 0.925. The first-order valence-electron chi connectivity index (χ1n) is 8.24. The van der Waals surface area contributed by atoms with Gasteiger partial charge in [0.1, 0.15) is 5.75 Å². The van der Waals surface area contributed by atoms with Gasteiger partial charge in [-0.1, -0.05) is 12.1 Å². The monoisotopic (exact) mass is 307 g/mol. The minimum Gasteiger partial charge on any atom is -0.507 e. The predicted molar refractivity (Wildman–Crippen MR) is 91.1 cm³/mol. The van der Waals surface area contributed by atoms with Gasteiger partial charge in [0.2, 0.25) is 0 Å². The minimum absolute atomic E-state index is 0.253. The highest BCUT2D eigenvalue weighted by Crippen LogP contribution is 2.39. The Morgan fingerprint density at radius 2 is 1.96 bits per heavy atom. The maximum Gasteiger partial charge on any atom is 0.125 e. The molecule has 0 spiro atoms. The van der Waals surface area contributed by atoms with Crippen molar-refractivity contribution in [1.82, 2.24) is 15.1 Å². The smallest absolute Gasteiger partial charge is 0.125 e. The highest BCUT2D eigenvalue weighted by Gasteiger charge is 2.29. The van der Waals surface area contributed by atoms with E-state index in [1.54, 1.807) is 6.07 Å². The van der Waals surface area contributed by atoms with E-state index >= 15 is 0 Å². The molecule has 0 bridgehead atoms. The van der Waals surface area contributed by atoms with Crippen LogP contribution in [0.15, 0.2) is 35.9 Å². The zero-order valence-electron chi connectivity index (χ0n) is 13.6. The zero-order chi connectivity index (χ0) is 16.0. The van der Waals surface area contributed by atoms with E-state index in [0.717, 1.165) is 42.9 Å². The second-order valence-electron chi connectivity index (χ2n) is 6.68. The molecule has 4 nitrogen and oxygen atoms in total. The summed E-state index contributed by atoms with van der Waals surface area (Å²) in [5, 5.41) is 18.8. The van der Waals surface area contributed by atoms with Gasteiger partial charge < -0.3 is 5.11 Å². The zero-order valence-corrected chi connectivity index (χ0v) is 13.6. The number of aromatic nitrogens is 2. The van der Waals surface area contributed by atoms with E-state index in [1.807, 2.05) is 18.2 Å². The normalized spacial score (nSPS) is 17.5. The first kappa shape index (κ1) is 14.4. The van der Waals surface area contributed by atoms with Gasteiger partial charge in [0, 0.05) is 36.7 Å². The van der Waals surface area contributed by atoms with Crippen molar-refractivity contribution in [3.05, 3.63) is 47.2 Å². The summed E-state index contributed by atoms with van der Waals surface area (Å²) in [5.41, 5.74) is 6.75. The topological polar surface area (TPSA) is 49.2 Å². The highest BCUT2D eigenvalue weighted by atomic mass is 16.3. The van der Waals surface area contributed by atoms with E-state index in [-0.39, 0.29) is 5.75 Å². The van der Waals surface area contributed by atoms with E-state index in [0.29, 0.717) is 6.04 Å². The van der Waals surface area contributed by atoms with Gasteiger partial charge in [-0.05, 0) is 49.6 Å². The minimum atomic E-state index is 0.253. The van der Waals surface area contributed by atoms with Crippen LogP contribution in [0.3, 0.4) is 0 Å². The lowest BCUT2D eigenvalue weighted by Crippen LogP contribution is -2.36. The molecule has 0 radical (unpaired) electrons. The number of phenolic OH excluding ortho intramolecular Hbond substituents is 1. The lowest BCUT2D eigenvalue weighted by Gasteiger charge is -2.31. The molecule has 2 aliphatic rings. The molecule has 0 unspecified atom stereocenters. The Labute approximate surface area is 136 Å². The van der Waals surface area contributed by atoms with E-state index in [4.69, 9.17) is 0 Å². The number of phenols is 1. The largest absolute Gasteiger partial charge is 0.507 e. The molecule has 1 N–H and O–H groups in total. The van der Waals surface area contributed by atoms with Crippen LogP contribution >= 0.6 is 0 Å². The van der Waals surface area contributed by atoms with Crippen LogP contribution in [0.1, 0.15) is 31.5 Å². The Morgan fingerprint density at radius 3 is 2.74 bits per heavy atom. The average Bonchev–Trinajstić information content (AvgIpc) is 2.92. The number of para-hydroxylation sites is 1. The third-order valence-corrected chi connectivity index (χ3v) is 4.96. The van der Waals surface area contributed by atoms with Crippen molar-refractivity contribution >= 4 is 5.57 Å². The molecule has 0 fully saturated rings. The number of hydrogen-bond acceptors (Lipinski definition) is 4. The van der Waals surface area contributed by atoms with Crippen LogP contribution in [0.4, 0.5) is 0 Å². The first-order valence-corrected chi connectivity index (χ1v) is 8.24. The van der Waals surface area contributed by atoms with E-state index in [2.05, 4.69) is 35.0 Å². The number of nitrogens with zero attached hydrogens (tertiary/aromatic N) is 3. The first-order chi connectivity index (χ1) is 11.1. The SMILES string of the molecule is CC(C)N1CCC2=C(Cc3nnc(-c4ccccc4O)cc32)C1. The Hall–Kier alpha value is -2.20. The van der Waals surface area contributed by atoms with Gasteiger partial charge >= 0.3 is 0 Å². The fourth-order valence-corrected chi connectivity index (χ4v) is 3.61. The van der Waals surface area contributed by atoms with Gasteiger partial charge in [0.25, 0.3) is 0 Å². The summed E-state index contributed by atoms with van der Waals surface area (Å²) in [6, 6.07) is 9.99. The van der Waals surface area contributed by atoms with Crippen LogP contribution in [0.25, 0.3) is 16.8 Å². The number of hydrogen-bond donors (Lipinski definition) is 1. The fraction of sp³-hybridized carbons (Fsp3) is 0.368. The molecule has 118 valence electrons. The summed E-state index contributed by atoms with van der Waals surface area (Å²) in [4.78, 5) is 2.52. The van der Waals surface area contributed by atoms with Crippen molar-refractivity contribution in [1.29, 1.82) is 0 Å². The number of aromatic hydroxyl groups is 1. The molecule has 23 heavy (non-hydrogen) atoms. The molecular formula is C19H21N3O. The van der Waals surface area contributed by atoms with Gasteiger partial charge in [0.15, 0.2) is 0 Å². The Kier molecular flexibility index (Phi) is 3.42. The van der Waals surface area contributed by atoms with E-state index in [1.165, 1.54) is 16.7 Å². The van der Waals surface area contributed by atoms with Crippen molar-refractivity contribution in [2.75, 3.05) is 13.1 Å². The third kappa shape index (κ3) is 2.43. The Balaban J connectivity index is 1.72. The van der Waals surface area contributed by atoms with Crippen LogP contribution in [0.2, 0.25) is 0 Å². The molecule has 0 saturated heterocycles. The highest BCUT2D eigenvalue weighted by molar-refractivity contribution is 5.79. The molecule has 2 heterocycles. The van der Waals surface area contributed by atoms with Crippen molar-refractivity contribution in [3.63, 3.8) is 0 Å². The summed E-state index contributed by atoms with van der Waals surface area (Å²) in [6.45, 7) is 6.65. The summed E-state index contributed by atoms with van der Waals surface area (Å²) in [6.07, 6.45) is 1.99. The lowest BCUT2D eigenvalue weighted by molar-refractivity contribution is 0.238. The molecule has 0 amide bonds. The van der Waals surface area contributed by atoms with Crippen LogP contribution in [0.5, 0.6) is 5.75 Å². The molecule has 0 saturated carbocycles. The van der Waals surface area contributed by atoms with Crippen LogP contribution in [-0.2, 0) is 6.42 Å². The molecule has 1 aliphatic heterocycles. The molecule has 4 rings (SSSR count). The number of fused-ring (bicyclic) bond motifs is 2. The van der Waals surface area contributed by atoms with Crippen molar-refractivity contribution in [3.8, 4) is 17.0 Å². The van der Waals surface area contributed by atoms with Crippen LogP contribution < -0.4 is 0 Å². The number of benzene rings is 1. The summed E-state index contributed by atoms with van der Waals surface area (Å²) < 4.78 is 0. The van der Waals surface area contributed by atoms with Crippen molar-refractivity contribution in [2.24, 2.45) is 0 Å². The third-order valence-electron chi connectivity index (χ3n) is 4.96. The molecular weight excluding hydrogens is 286 g/mol. The Morgan fingerprint density at radius 1 is 1.13 bits per heavy atom. The van der Waals surface area contributed by atoms with E-state index < -0.39 is 0 Å². The standard InChI is InChI=1S/C19H21N3O/c1-12(2)22-8-7-14-13(11-22)9-17-16(14)10-18(21-20-17)15-5-3-4-6-19(15)23/h3-6,10,12,23H,7-9,11H2,1-2H3. The second-order valence-corrected chi connectivity index (χ2v) is 6.68. The number of rotatable bonds is 2. The average molecular weight is 307 g/mol. The lowest BCUT2D eigenvalue weighted by atomic mass is 9.98. The summed E-state index contributed by atoms with van der Waals surface area (Å²) in [5.74, 6) is 0.253. The molecule has 4 heteroatoms. The van der Waals surface area contributed by atoms with Crippen molar-refractivity contribution in [2.45, 2.75) is 32.7 Å². The maximum atomic E-state index is 10.1. The van der Waals surface area contributed by atoms with Gasteiger partial charge in [-0.3, -0.25) is 4.90 Å². The van der Waals surface area contributed by atoms with Gasteiger partial charge in [-0.25, -0.2) is 0 Å². The second kappa shape index (κ2) is 5.46. The van der Waals surface area contributed by atoms with Crippen molar-refractivity contribution < 1.29 is 5.11 Å². The van der Waals surface area contributed by atoms with Gasteiger partial charge in [0.05, 0.1) is 11.4 Å². The summed E-state index contributed by atoms with van der Waals surface area (Å²) in [7, 11) is 0. The predicted octanol–water partition coefficient (Wildman–Crippen LogP) is 3.27. The molecule has 1 aromatic carbocycles. The summed E-state index contributed by atoms with van der Waals surface area (Å²) >= 11 is 0. The van der Waals surface area contributed by atoms with Crippen LogP contribution in [-0.4, -0.2) is 39.3 Å². The van der Waals surface area contributed by atoms with Gasteiger partial charge in [-0.15, -0.1) is 0 Å². The maximum absolute atomic E-state index is 10.1. The molecule has 1 aromatic heterocycles. The van der Waals surface area contributed by atoms with Gasteiger partial charge in [-0.2, -0.15) is 10.2 Å². The van der Waals surface area contributed by atoms with E-state index in [9.17, 15) is 5.11 Å². The molecule has 0 atom stereocenters. The van der Waals surface area contributed by atoms with Crippen LogP contribution in [0, 0.1) is 0 Å². The molecule has 1 aliphatic carbocycles.